The van der Waals surface area contributed by atoms with Crippen molar-refractivity contribution in [3.63, 3.8) is 0 Å². The summed E-state index contributed by atoms with van der Waals surface area (Å²) >= 11 is 3.46. The van der Waals surface area contributed by atoms with Crippen LogP contribution in [0.2, 0.25) is 0 Å². The van der Waals surface area contributed by atoms with E-state index in [4.69, 9.17) is 0 Å². The molecule has 0 aromatic heterocycles. The van der Waals surface area contributed by atoms with E-state index >= 15 is 0 Å². The average Bonchev–Trinajstić information content (AvgIpc) is 2.41. The minimum absolute atomic E-state index is 0.477. The van der Waals surface area contributed by atoms with Crippen molar-refractivity contribution in [3.05, 3.63) is 69.7 Å². The van der Waals surface area contributed by atoms with E-state index in [0.29, 0.717) is 6.04 Å². The molecule has 0 aliphatic heterocycles. The van der Waals surface area contributed by atoms with Gasteiger partial charge in [0.25, 0.3) is 0 Å². The number of hydrogen-bond acceptors (Lipinski definition) is 1. The van der Waals surface area contributed by atoms with Gasteiger partial charge in [-0.05, 0) is 49.1 Å². The molecule has 0 radical (unpaired) electrons. The van der Waals surface area contributed by atoms with Gasteiger partial charge in [-0.25, -0.2) is 0 Å². The normalized spacial score (nSPS) is 12.4. The number of aryl methyl sites for hydroxylation is 1. The lowest BCUT2D eigenvalue weighted by Crippen LogP contribution is -2.27. The first kappa shape index (κ1) is 14.3. The molecule has 2 aromatic carbocycles. The third-order valence-corrected chi connectivity index (χ3v) is 3.88. The fourth-order valence-corrected chi connectivity index (χ4v) is 2.40. The van der Waals surface area contributed by atoms with Crippen molar-refractivity contribution in [2.45, 2.75) is 32.9 Å². The fourth-order valence-electron chi connectivity index (χ4n) is 2.14. The van der Waals surface area contributed by atoms with Crippen LogP contribution >= 0.6 is 15.9 Å². The molecule has 2 rings (SSSR count). The lowest BCUT2D eigenvalue weighted by molar-refractivity contribution is 0.544. The lowest BCUT2D eigenvalue weighted by Gasteiger charge is -2.15. The first-order valence-electron chi connectivity index (χ1n) is 6.67. The third kappa shape index (κ3) is 4.48. The maximum Gasteiger partial charge on any atom is 0.0208 e. The van der Waals surface area contributed by atoms with Gasteiger partial charge in [-0.2, -0.15) is 0 Å². The average molecular weight is 318 g/mol. The Hall–Kier alpha value is -1.12. The molecule has 0 heterocycles. The molecule has 0 fully saturated rings. The Morgan fingerprint density at radius 1 is 1.05 bits per heavy atom. The van der Waals surface area contributed by atoms with Crippen LogP contribution in [0.5, 0.6) is 0 Å². The number of nitrogens with one attached hydrogen (secondary N) is 1. The molecular formula is C17H20BrN. The van der Waals surface area contributed by atoms with E-state index in [0.717, 1.165) is 17.4 Å². The van der Waals surface area contributed by atoms with E-state index < -0.39 is 0 Å². The Kier molecular flexibility index (Phi) is 5.17. The predicted molar refractivity (Wildman–Crippen MR) is 85.3 cm³/mol. The molecule has 0 amide bonds. The first-order valence-corrected chi connectivity index (χ1v) is 7.47. The van der Waals surface area contributed by atoms with Gasteiger partial charge >= 0.3 is 0 Å². The second-order valence-corrected chi connectivity index (χ2v) is 5.95. The molecule has 100 valence electrons. The van der Waals surface area contributed by atoms with Crippen LogP contribution in [0.3, 0.4) is 0 Å². The summed E-state index contributed by atoms with van der Waals surface area (Å²) in [5.74, 6) is 0. The van der Waals surface area contributed by atoms with E-state index in [1.54, 1.807) is 0 Å². The molecule has 1 N–H and O–H groups in total. The van der Waals surface area contributed by atoms with Crippen molar-refractivity contribution in [2.24, 2.45) is 0 Å². The van der Waals surface area contributed by atoms with Crippen LogP contribution in [0.4, 0.5) is 0 Å². The van der Waals surface area contributed by atoms with Crippen LogP contribution in [0.25, 0.3) is 0 Å². The number of halogens is 1. The van der Waals surface area contributed by atoms with E-state index in [2.05, 4.69) is 83.6 Å². The Morgan fingerprint density at radius 2 is 1.74 bits per heavy atom. The van der Waals surface area contributed by atoms with Gasteiger partial charge in [-0.1, -0.05) is 52.3 Å². The highest BCUT2D eigenvalue weighted by Gasteiger charge is 2.05. The second-order valence-electron chi connectivity index (χ2n) is 5.04. The van der Waals surface area contributed by atoms with Crippen LogP contribution in [-0.4, -0.2) is 6.04 Å². The van der Waals surface area contributed by atoms with Gasteiger partial charge in [0, 0.05) is 17.1 Å². The van der Waals surface area contributed by atoms with Crippen molar-refractivity contribution in [2.75, 3.05) is 0 Å². The van der Waals surface area contributed by atoms with Gasteiger partial charge < -0.3 is 5.32 Å². The van der Waals surface area contributed by atoms with Crippen LogP contribution in [-0.2, 0) is 13.0 Å². The zero-order valence-corrected chi connectivity index (χ0v) is 13.1. The lowest BCUT2D eigenvalue weighted by atomic mass is 10.0. The summed E-state index contributed by atoms with van der Waals surface area (Å²) in [5.41, 5.74) is 4.12. The molecule has 0 aliphatic rings. The molecule has 2 heteroatoms. The number of benzene rings is 2. The Labute approximate surface area is 124 Å². The number of rotatable bonds is 5. The van der Waals surface area contributed by atoms with Gasteiger partial charge in [0.05, 0.1) is 0 Å². The summed E-state index contributed by atoms with van der Waals surface area (Å²) in [6, 6.07) is 17.6. The summed E-state index contributed by atoms with van der Waals surface area (Å²) in [6.07, 6.45) is 1.07. The summed E-state index contributed by atoms with van der Waals surface area (Å²) in [5, 5.41) is 3.58. The fraction of sp³-hybridized carbons (Fsp3) is 0.294. The maximum absolute atomic E-state index is 3.58. The summed E-state index contributed by atoms with van der Waals surface area (Å²) in [7, 11) is 0. The smallest absolute Gasteiger partial charge is 0.0208 e. The zero-order valence-electron chi connectivity index (χ0n) is 11.5. The maximum atomic E-state index is 3.58. The van der Waals surface area contributed by atoms with E-state index in [-0.39, 0.29) is 0 Å². The summed E-state index contributed by atoms with van der Waals surface area (Å²) < 4.78 is 1.13. The van der Waals surface area contributed by atoms with E-state index in [1.165, 1.54) is 16.7 Å². The molecule has 1 nitrogen and oxygen atoms in total. The predicted octanol–water partition coefficient (Wildman–Crippen LogP) is 4.48. The van der Waals surface area contributed by atoms with Gasteiger partial charge in [0.15, 0.2) is 0 Å². The van der Waals surface area contributed by atoms with Crippen molar-refractivity contribution in [3.8, 4) is 0 Å². The highest BCUT2D eigenvalue weighted by atomic mass is 79.9. The third-order valence-electron chi connectivity index (χ3n) is 3.36. The minimum Gasteiger partial charge on any atom is -0.310 e. The van der Waals surface area contributed by atoms with Crippen molar-refractivity contribution < 1.29 is 0 Å². The number of hydrogen-bond donors (Lipinski definition) is 1. The second kappa shape index (κ2) is 6.88. The Balaban J connectivity index is 1.86. The van der Waals surface area contributed by atoms with Gasteiger partial charge in [0.1, 0.15) is 0 Å². The van der Waals surface area contributed by atoms with E-state index in [1.807, 2.05) is 0 Å². The molecule has 0 aliphatic carbocycles. The van der Waals surface area contributed by atoms with Crippen LogP contribution in [0.1, 0.15) is 23.6 Å². The van der Waals surface area contributed by atoms with Gasteiger partial charge in [-0.3, -0.25) is 0 Å². The summed E-state index contributed by atoms with van der Waals surface area (Å²) in [6.45, 7) is 5.34. The summed E-state index contributed by atoms with van der Waals surface area (Å²) in [4.78, 5) is 0. The molecule has 0 bridgehead atoms. The Bertz CT molecular complexity index is 519. The molecular weight excluding hydrogens is 298 g/mol. The Morgan fingerprint density at radius 3 is 2.42 bits per heavy atom. The van der Waals surface area contributed by atoms with Crippen molar-refractivity contribution >= 4 is 15.9 Å². The molecule has 19 heavy (non-hydrogen) atoms. The standard InChI is InChI=1S/C17H20BrN/c1-13-5-3-4-6-16(13)11-14(2)19-12-15-7-9-17(18)10-8-15/h3-10,14,19H,11-12H2,1-2H3. The van der Waals surface area contributed by atoms with Gasteiger partial charge in [0.2, 0.25) is 0 Å². The molecule has 0 spiro atoms. The first-order chi connectivity index (χ1) is 9.15. The molecule has 0 saturated heterocycles. The van der Waals surface area contributed by atoms with Crippen molar-refractivity contribution in [1.29, 1.82) is 0 Å². The largest absolute Gasteiger partial charge is 0.310 e. The quantitative estimate of drug-likeness (QED) is 0.857. The zero-order chi connectivity index (χ0) is 13.7. The highest BCUT2D eigenvalue weighted by Crippen LogP contribution is 2.12. The minimum atomic E-state index is 0.477. The van der Waals surface area contributed by atoms with Crippen LogP contribution < -0.4 is 5.32 Å². The van der Waals surface area contributed by atoms with Gasteiger partial charge in [-0.15, -0.1) is 0 Å². The van der Waals surface area contributed by atoms with Crippen molar-refractivity contribution in [1.82, 2.24) is 5.32 Å². The molecule has 2 aromatic rings. The monoisotopic (exact) mass is 317 g/mol. The van der Waals surface area contributed by atoms with Crippen LogP contribution in [0.15, 0.2) is 53.0 Å². The van der Waals surface area contributed by atoms with Crippen LogP contribution in [0, 0.1) is 6.92 Å². The molecule has 1 atom stereocenters. The SMILES string of the molecule is Cc1ccccc1CC(C)NCc1ccc(Br)cc1. The topological polar surface area (TPSA) is 12.0 Å². The highest BCUT2D eigenvalue weighted by molar-refractivity contribution is 9.10. The molecule has 1 unspecified atom stereocenters. The molecule has 0 saturated carbocycles. The van der Waals surface area contributed by atoms with E-state index in [9.17, 15) is 0 Å².